The zero-order valence-corrected chi connectivity index (χ0v) is 18.6. The first-order chi connectivity index (χ1) is 10.9. The van der Waals surface area contributed by atoms with Gasteiger partial charge in [0.1, 0.15) is 0 Å². The average molecular weight is 382 g/mol. The summed E-state index contributed by atoms with van der Waals surface area (Å²) in [6.07, 6.45) is 2.13. The van der Waals surface area contributed by atoms with E-state index in [-0.39, 0.29) is 17.8 Å². The Morgan fingerprint density at radius 1 is 1.04 bits per heavy atom. The summed E-state index contributed by atoms with van der Waals surface area (Å²) in [5.74, 6) is 0.281. The lowest BCUT2D eigenvalue weighted by atomic mass is 10.1. The first-order valence-electron chi connectivity index (χ1n) is 8.66. The van der Waals surface area contributed by atoms with Crippen LogP contribution in [0, 0.1) is 0 Å². The van der Waals surface area contributed by atoms with Crippen LogP contribution < -0.4 is 0 Å². The second-order valence-electron chi connectivity index (χ2n) is 9.03. The molecule has 134 valence electrons. The van der Waals surface area contributed by atoms with Crippen LogP contribution in [-0.2, 0) is 10.0 Å². The Hall–Kier alpha value is -0.696. The third-order valence-corrected chi connectivity index (χ3v) is 9.31. The van der Waals surface area contributed by atoms with Crippen molar-refractivity contribution in [1.29, 1.82) is 0 Å². The molecular formula is C18H31NO2SSi2. The summed E-state index contributed by atoms with van der Waals surface area (Å²) in [4.78, 5) is 0. The van der Waals surface area contributed by atoms with Crippen LogP contribution in [-0.4, -0.2) is 40.7 Å². The van der Waals surface area contributed by atoms with Gasteiger partial charge in [-0.3, -0.25) is 0 Å². The van der Waals surface area contributed by atoms with E-state index >= 15 is 0 Å². The minimum Gasteiger partial charge on any atom is -0.212 e. The molecule has 1 aliphatic rings. The summed E-state index contributed by atoms with van der Waals surface area (Å²) >= 11 is 0. The van der Waals surface area contributed by atoms with E-state index in [4.69, 9.17) is 0 Å². The van der Waals surface area contributed by atoms with Crippen molar-refractivity contribution in [2.75, 3.05) is 5.75 Å². The Morgan fingerprint density at radius 3 is 2.12 bits per heavy atom. The lowest BCUT2D eigenvalue weighted by molar-refractivity contribution is 0.551. The smallest absolute Gasteiger partial charge is 0.212 e. The molecule has 0 aliphatic carbocycles. The van der Waals surface area contributed by atoms with Gasteiger partial charge in [-0.1, -0.05) is 81.4 Å². The van der Waals surface area contributed by atoms with Crippen molar-refractivity contribution in [3.63, 3.8) is 0 Å². The van der Waals surface area contributed by atoms with Crippen LogP contribution in [0.1, 0.15) is 11.6 Å². The monoisotopic (exact) mass is 381 g/mol. The van der Waals surface area contributed by atoms with E-state index in [1.165, 1.54) is 0 Å². The molecule has 1 heterocycles. The van der Waals surface area contributed by atoms with Crippen molar-refractivity contribution in [3.05, 3.63) is 47.7 Å². The summed E-state index contributed by atoms with van der Waals surface area (Å²) in [5.41, 5.74) is 3.36. The standard InChI is InChI=1S/C18H31NO2SSi2/c1-23(2,3)14-12-17-18(16-10-8-7-9-11-16)19(17)22(20,21)13-15-24(4,5)6/h7-12,14,17-18H,13,15H2,1-6H3/b14-12+/t17-,18-,19?/m1/s1. The van der Waals surface area contributed by atoms with Gasteiger partial charge < -0.3 is 0 Å². The SMILES string of the molecule is C[Si](C)(C)/C=C/[C@@H]1[C@@H](c2ccccc2)N1S(=O)(=O)CC[Si](C)(C)C. The van der Waals surface area contributed by atoms with E-state index in [9.17, 15) is 8.42 Å². The normalized spacial score (nSPS) is 25.2. The maximum atomic E-state index is 12.9. The molecule has 3 nitrogen and oxygen atoms in total. The van der Waals surface area contributed by atoms with Crippen LogP contribution in [0.3, 0.4) is 0 Å². The average Bonchev–Trinajstić information content (AvgIpc) is 3.18. The molecule has 6 heteroatoms. The molecule has 0 spiro atoms. The predicted octanol–water partition coefficient (Wildman–Crippen LogP) is 4.51. The Morgan fingerprint density at radius 2 is 1.62 bits per heavy atom. The highest BCUT2D eigenvalue weighted by Gasteiger charge is 2.54. The number of benzene rings is 1. The Bertz CT molecular complexity index is 688. The van der Waals surface area contributed by atoms with Crippen LogP contribution >= 0.6 is 0 Å². The minimum absolute atomic E-state index is 0.00856. The van der Waals surface area contributed by atoms with Crippen LogP contribution in [0.15, 0.2) is 42.1 Å². The predicted molar refractivity (Wildman–Crippen MR) is 109 cm³/mol. The van der Waals surface area contributed by atoms with Gasteiger partial charge in [0.25, 0.3) is 0 Å². The molecule has 0 radical (unpaired) electrons. The van der Waals surface area contributed by atoms with Gasteiger partial charge in [0, 0.05) is 8.07 Å². The zero-order chi connectivity index (χ0) is 18.2. The van der Waals surface area contributed by atoms with Gasteiger partial charge >= 0.3 is 0 Å². The number of rotatable bonds is 7. The van der Waals surface area contributed by atoms with E-state index in [1.54, 1.807) is 4.31 Å². The summed E-state index contributed by atoms with van der Waals surface area (Å²) < 4.78 is 27.5. The molecule has 1 aromatic carbocycles. The second-order valence-corrected chi connectivity index (χ2v) is 21.7. The summed E-state index contributed by atoms with van der Waals surface area (Å²) in [6.45, 7) is 13.5. The Kier molecular flexibility index (Phi) is 5.64. The fraction of sp³-hybridized carbons (Fsp3) is 0.556. The molecule has 0 bridgehead atoms. The Balaban J connectivity index is 2.23. The molecule has 0 N–H and O–H groups in total. The zero-order valence-electron chi connectivity index (χ0n) is 15.8. The van der Waals surface area contributed by atoms with E-state index in [1.807, 2.05) is 30.3 Å². The van der Waals surface area contributed by atoms with Gasteiger partial charge in [-0.05, 0) is 11.6 Å². The van der Waals surface area contributed by atoms with E-state index in [0.717, 1.165) is 11.6 Å². The molecule has 1 unspecified atom stereocenters. The maximum absolute atomic E-state index is 12.9. The van der Waals surface area contributed by atoms with Gasteiger partial charge in [0.05, 0.1) is 25.9 Å². The molecule has 3 atom stereocenters. The number of nitrogens with zero attached hydrogens (tertiary/aromatic N) is 1. The van der Waals surface area contributed by atoms with Crippen LogP contribution in [0.5, 0.6) is 0 Å². The first kappa shape index (κ1) is 19.6. The Labute approximate surface area is 149 Å². The molecule has 2 rings (SSSR count). The second kappa shape index (κ2) is 6.90. The number of hydrogen-bond donors (Lipinski definition) is 0. The first-order valence-corrected chi connectivity index (χ1v) is 17.6. The van der Waals surface area contributed by atoms with Crippen LogP contribution in [0.4, 0.5) is 0 Å². The van der Waals surface area contributed by atoms with Crippen molar-refractivity contribution in [1.82, 2.24) is 4.31 Å². The fourth-order valence-electron chi connectivity index (χ4n) is 2.70. The molecule has 1 aromatic rings. The summed E-state index contributed by atoms with van der Waals surface area (Å²) in [5, 5.41) is 0. The van der Waals surface area contributed by atoms with Crippen molar-refractivity contribution in [2.24, 2.45) is 0 Å². The van der Waals surface area contributed by atoms with Gasteiger partial charge in [-0.2, -0.15) is 4.31 Å². The van der Waals surface area contributed by atoms with Crippen LogP contribution in [0.2, 0.25) is 45.3 Å². The molecule has 0 saturated carbocycles. The summed E-state index contributed by atoms with van der Waals surface area (Å²) in [6, 6.07) is 10.8. The largest absolute Gasteiger partial charge is 0.215 e. The van der Waals surface area contributed by atoms with Crippen molar-refractivity contribution in [3.8, 4) is 0 Å². The van der Waals surface area contributed by atoms with Gasteiger partial charge in [0.15, 0.2) is 0 Å². The highest BCUT2D eigenvalue weighted by Crippen LogP contribution is 2.47. The molecule has 0 aromatic heterocycles. The van der Waals surface area contributed by atoms with Crippen LogP contribution in [0.25, 0.3) is 0 Å². The van der Waals surface area contributed by atoms with Gasteiger partial charge in [-0.15, -0.1) is 0 Å². The molecule has 24 heavy (non-hydrogen) atoms. The fourth-order valence-corrected chi connectivity index (χ4v) is 8.26. The highest BCUT2D eigenvalue weighted by atomic mass is 32.2. The number of hydrogen-bond acceptors (Lipinski definition) is 2. The topological polar surface area (TPSA) is 37.1 Å². The van der Waals surface area contributed by atoms with Gasteiger partial charge in [0.2, 0.25) is 10.0 Å². The molecule has 1 aliphatic heterocycles. The third kappa shape index (κ3) is 5.41. The molecular weight excluding hydrogens is 350 g/mol. The minimum atomic E-state index is -3.20. The lowest BCUT2D eigenvalue weighted by Crippen LogP contribution is -2.27. The quantitative estimate of drug-likeness (QED) is 0.514. The van der Waals surface area contributed by atoms with E-state index < -0.39 is 26.2 Å². The maximum Gasteiger partial charge on any atom is 0.215 e. The summed E-state index contributed by atoms with van der Waals surface area (Å²) in [7, 11) is -5.92. The van der Waals surface area contributed by atoms with Crippen molar-refractivity contribution in [2.45, 2.75) is 57.4 Å². The van der Waals surface area contributed by atoms with Gasteiger partial charge in [-0.25, -0.2) is 8.42 Å². The molecule has 0 amide bonds. The molecule has 1 saturated heterocycles. The lowest BCUT2D eigenvalue weighted by Gasteiger charge is -2.16. The van der Waals surface area contributed by atoms with E-state index in [2.05, 4.69) is 51.1 Å². The third-order valence-electron chi connectivity index (χ3n) is 4.17. The van der Waals surface area contributed by atoms with Crippen molar-refractivity contribution >= 4 is 26.2 Å². The molecule has 1 fully saturated rings. The number of sulfonamides is 1. The van der Waals surface area contributed by atoms with E-state index in [0.29, 0.717) is 0 Å². The highest BCUT2D eigenvalue weighted by molar-refractivity contribution is 7.89. The van der Waals surface area contributed by atoms with Crippen molar-refractivity contribution < 1.29 is 8.42 Å².